The molecule has 2 aliphatic rings. The van der Waals surface area contributed by atoms with Crippen LogP contribution in [0.1, 0.15) is 82.7 Å². The Morgan fingerprint density at radius 3 is 2.23 bits per heavy atom. The van der Waals surface area contributed by atoms with Crippen molar-refractivity contribution >= 4 is 52.2 Å². The average molecular weight is 776 g/mol. The molecule has 6 rings (SSSR count). The van der Waals surface area contributed by atoms with Crippen molar-refractivity contribution in [2.75, 3.05) is 36.3 Å². The fourth-order valence-corrected chi connectivity index (χ4v) is 6.04. The Morgan fingerprint density at radius 1 is 0.946 bits per heavy atom. The maximum Gasteiger partial charge on any atom is 0.425 e. The normalized spacial score (nSPS) is 16.5. The lowest BCUT2D eigenvalue weighted by atomic mass is 9.95. The van der Waals surface area contributed by atoms with Crippen molar-refractivity contribution in [1.82, 2.24) is 9.88 Å². The van der Waals surface area contributed by atoms with Crippen LogP contribution in [0.25, 0.3) is 10.8 Å². The van der Waals surface area contributed by atoms with E-state index in [9.17, 15) is 19.2 Å². The van der Waals surface area contributed by atoms with Gasteiger partial charge in [-0.25, -0.2) is 28.1 Å². The highest BCUT2D eigenvalue weighted by Gasteiger charge is 2.36. The van der Waals surface area contributed by atoms with Crippen LogP contribution in [0.15, 0.2) is 54.7 Å². The third kappa shape index (κ3) is 9.44. The number of hydrogen-bond donors (Lipinski definition) is 2. The molecule has 4 bridgehead atoms. The van der Waals surface area contributed by atoms with Crippen molar-refractivity contribution in [2.45, 2.75) is 85.1 Å². The lowest BCUT2D eigenvalue weighted by Crippen LogP contribution is -2.44. The van der Waals surface area contributed by atoms with Gasteiger partial charge in [0.25, 0.3) is 0 Å². The van der Waals surface area contributed by atoms with Gasteiger partial charge in [0.2, 0.25) is 5.91 Å². The monoisotopic (exact) mass is 775 g/mol. The summed E-state index contributed by atoms with van der Waals surface area (Å²) in [7, 11) is 2.91. The number of likely N-dealkylation sites (N-methyl/N-ethyl adjacent to an activating group) is 1. The zero-order valence-electron chi connectivity index (χ0n) is 33.1. The molecule has 2 aliphatic heterocycles. The number of halogens is 2. The molecular weight excluding hydrogens is 728 g/mol. The highest BCUT2D eigenvalue weighted by molar-refractivity contribution is 6.14. The van der Waals surface area contributed by atoms with Gasteiger partial charge in [0.05, 0.1) is 19.4 Å². The Bertz CT molecular complexity index is 2150. The molecule has 3 aromatic carbocycles. The Morgan fingerprint density at radius 2 is 1.61 bits per heavy atom. The zero-order chi connectivity index (χ0) is 41.3. The third-order valence-electron chi connectivity index (χ3n) is 8.78. The fourth-order valence-electron chi connectivity index (χ4n) is 6.04. The Hall–Kier alpha value is -5.99. The summed E-state index contributed by atoms with van der Waals surface area (Å²) in [6.07, 6.45) is -1.57. The zero-order valence-corrected chi connectivity index (χ0v) is 33.1. The first kappa shape index (κ1) is 41.2. The fraction of sp³-hybridized carbons (Fsp3) is 0.390. The molecule has 3 heterocycles. The molecule has 0 radical (unpaired) electrons. The number of ether oxygens (including phenoxy) is 4. The van der Waals surface area contributed by atoms with Gasteiger partial charge in [-0.1, -0.05) is 13.0 Å². The molecule has 56 heavy (non-hydrogen) atoms. The van der Waals surface area contributed by atoms with Crippen molar-refractivity contribution in [3.05, 3.63) is 88.6 Å². The number of benzene rings is 3. The molecule has 0 fully saturated rings. The molecule has 0 saturated heterocycles. The van der Waals surface area contributed by atoms with Gasteiger partial charge in [0.1, 0.15) is 34.6 Å². The minimum Gasteiger partial charge on any atom is -0.496 e. The number of aromatic nitrogens is 1. The topological polar surface area (TPSA) is 149 Å². The Balaban J connectivity index is 1.63. The molecule has 0 aliphatic carbocycles. The van der Waals surface area contributed by atoms with Gasteiger partial charge in [0.15, 0.2) is 5.82 Å². The predicted octanol–water partition coefficient (Wildman–Crippen LogP) is 8.98. The number of fused-ring (bicyclic) bond motifs is 10. The van der Waals surface area contributed by atoms with Gasteiger partial charge in [0, 0.05) is 47.9 Å². The van der Waals surface area contributed by atoms with E-state index in [4.69, 9.17) is 18.9 Å². The van der Waals surface area contributed by atoms with Gasteiger partial charge in [-0.2, -0.15) is 4.90 Å². The summed E-state index contributed by atoms with van der Waals surface area (Å²) < 4.78 is 54.8. The third-order valence-corrected chi connectivity index (χ3v) is 8.78. The first-order chi connectivity index (χ1) is 26.1. The summed E-state index contributed by atoms with van der Waals surface area (Å²) in [5.74, 6) is -2.88. The molecule has 298 valence electrons. The van der Waals surface area contributed by atoms with Gasteiger partial charge in [-0.3, -0.25) is 10.1 Å². The van der Waals surface area contributed by atoms with Gasteiger partial charge >= 0.3 is 18.3 Å². The second kappa shape index (κ2) is 16.0. The molecule has 4 aromatic rings. The molecule has 13 nitrogen and oxygen atoms in total. The number of carbonyl (C=O) groups is 4. The van der Waals surface area contributed by atoms with Crippen LogP contribution in [0.2, 0.25) is 0 Å². The van der Waals surface area contributed by atoms with E-state index in [1.165, 1.54) is 49.5 Å². The van der Waals surface area contributed by atoms with Crippen molar-refractivity contribution in [2.24, 2.45) is 0 Å². The van der Waals surface area contributed by atoms with Gasteiger partial charge < -0.3 is 29.2 Å². The number of nitrogens with one attached hydrogen (secondary N) is 2. The minimum absolute atomic E-state index is 0.0433. The minimum atomic E-state index is -1.49. The molecule has 15 heteroatoms. The molecule has 1 aromatic heterocycles. The Kier molecular flexibility index (Phi) is 11.8. The van der Waals surface area contributed by atoms with Crippen LogP contribution >= 0.6 is 0 Å². The second-order valence-corrected chi connectivity index (χ2v) is 15.6. The molecule has 2 atom stereocenters. The average Bonchev–Trinajstić information content (AvgIpc) is 3.09. The highest BCUT2D eigenvalue weighted by Crippen LogP contribution is 2.37. The summed E-state index contributed by atoms with van der Waals surface area (Å²) in [5.41, 5.74) is -0.0192. The van der Waals surface area contributed by atoms with E-state index in [1.807, 2.05) is 6.92 Å². The van der Waals surface area contributed by atoms with Crippen LogP contribution in [0, 0.1) is 18.6 Å². The lowest BCUT2D eigenvalue weighted by Gasteiger charge is -2.29. The number of anilines is 3. The van der Waals surface area contributed by atoms with Crippen LogP contribution in [-0.2, 0) is 25.5 Å². The lowest BCUT2D eigenvalue weighted by molar-refractivity contribution is -0.131. The first-order valence-corrected chi connectivity index (χ1v) is 17.9. The maximum absolute atomic E-state index is 16.4. The SMILES string of the molecule is COc1cc2c(F)cc1C(C)COC(=O)Nc1ccc(C)c(c1)CN(C)C(=O)[C@@H]2Nc1cc2ccnc(N(C(=O)OC(C)(C)C)C(=O)OC(C)(C)C)c2cc1F. The number of carbonyl (C=O) groups excluding carboxylic acids is 4. The van der Waals surface area contributed by atoms with Crippen LogP contribution in [0.5, 0.6) is 5.75 Å². The number of imide groups is 1. The van der Waals surface area contributed by atoms with E-state index in [2.05, 4.69) is 15.6 Å². The second-order valence-electron chi connectivity index (χ2n) is 15.6. The summed E-state index contributed by atoms with van der Waals surface area (Å²) in [6, 6.07) is 10.2. The number of amides is 4. The van der Waals surface area contributed by atoms with E-state index < -0.39 is 59.0 Å². The standard InChI is InChI=1S/C41H47F2N5O8/c1-22-11-12-26-15-25(22)20-47(9)36(49)34(29-19-33(53-10)27(17-30(29)42)23(2)21-54-37(50)45-26)46-32-16-24-13-14-44-35(28(24)18-31(32)43)48(38(51)55-40(3,4)5)39(52)56-41(6,7)8/h11-19,23,34,46H,20-21H2,1-10H3,(H,45,50)/t23?,34-/m1/s1. The Labute approximate surface area is 324 Å². The van der Waals surface area contributed by atoms with E-state index in [1.54, 1.807) is 66.7 Å². The van der Waals surface area contributed by atoms with Gasteiger partial charge in [-0.15, -0.1) is 0 Å². The van der Waals surface area contributed by atoms with Gasteiger partial charge in [-0.05, 0) is 107 Å². The number of methoxy groups -OCH3 is 1. The van der Waals surface area contributed by atoms with Crippen molar-refractivity contribution in [3.8, 4) is 5.75 Å². The van der Waals surface area contributed by atoms with Crippen molar-refractivity contribution < 1.29 is 46.9 Å². The first-order valence-electron chi connectivity index (χ1n) is 17.9. The number of nitrogens with zero attached hydrogens (tertiary/aromatic N) is 3. The molecule has 0 saturated carbocycles. The quantitative estimate of drug-likeness (QED) is 0.193. The molecule has 1 unspecified atom stereocenters. The number of hydrogen-bond acceptors (Lipinski definition) is 10. The summed E-state index contributed by atoms with van der Waals surface area (Å²) >= 11 is 0. The number of aryl methyl sites for hydroxylation is 1. The van der Waals surface area contributed by atoms with E-state index in [-0.39, 0.29) is 41.4 Å². The van der Waals surface area contributed by atoms with Crippen LogP contribution in [0.4, 0.5) is 40.4 Å². The molecule has 2 N–H and O–H groups in total. The maximum atomic E-state index is 16.4. The molecular formula is C41H47F2N5O8. The van der Waals surface area contributed by atoms with Crippen molar-refractivity contribution in [1.29, 1.82) is 0 Å². The smallest absolute Gasteiger partial charge is 0.425 e. The molecule has 4 amide bonds. The van der Waals surface area contributed by atoms with E-state index in [0.29, 0.717) is 27.1 Å². The summed E-state index contributed by atoms with van der Waals surface area (Å²) in [5, 5.41) is 5.97. The highest BCUT2D eigenvalue weighted by atomic mass is 19.1. The summed E-state index contributed by atoms with van der Waals surface area (Å²) in [4.78, 5) is 60.2. The predicted molar refractivity (Wildman–Crippen MR) is 207 cm³/mol. The number of rotatable bonds is 4. The largest absolute Gasteiger partial charge is 0.496 e. The van der Waals surface area contributed by atoms with E-state index >= 15 is 8.78 Å². The van der Waals surface area contributed by atoms with Crippen LogP contribution < -0.4 is 20.3 Å². The van der Waals surface area contributed by atoms with Crippen LogP contribution in [0.3, 0.4) is 0 Å². The van der Waals surface area contributed by atoms with Crippen LogP contribution in [-0.4, -0.2) is 66.0 Å². The molecule has 0 spiro atoms. The van der Waals surface area contributed by atoms with E-state index in [0.717, 1.165) is 11.6 Å². The number of pyridine rings is 1. The van der Waals surface area contributed by atoms with Crippen molar-refractivity contribution in [3.63, 3.8) is 0 Å². The summed E-state index contributed by atoms with van der Waals surface area (Å²) in [6.45, 7) is 13.2.